The molecule has 1 atom stereocenters. The van der Waals surface area contributed by atoms with Gasteiger partial charge in [0.2, 0.25) is 0 Å². The van der Waals surface area contributed by atoms with Crippen molar-refractivity contribution in [1.29, 1.82) is 0 Å². The number of allylic oxidation sites excluding steroid dienone is 2. The predicted molar refractivity (Wildman–Crippen MR) is 58.2 cm³/mol. The lowest BCUT2D eigenvalue weighted by molar-refractivity contribution is 0.549. The molecule has 0 N–H and O–H groups in total. The van der Waals surface area contributed by atoms with Crippen LogP contribution in [0.4, 0.5) is 0 Å². The standard InChI is InChI=1S/C11H14N2O2/c1-4-5-7-6-8-9(7)12(2)11(15)13(3)10(8)14/h4-5,7H,6H2,1-3H3/b5-4-. The van der Waals surface area contributed by atoms with Crippen LogP contribution in [0.25, 0.3) is 0 Å². The Morgan fingerprint density at radius 2 is 1.93 bits per heavy atom. The Bertz CT molecular complexity index is 518. The van der Waals surface area contributed by atoms with Crippen molar-refractivity contribution in [2.75, 3.05) is 0 Å². The minimum Gasteiger partial charge on any atom is -0.300 e. The van der Waals surface area contributed by atoms with Gasteiger partial charge in [0.05, 0.1) is 0 Å². The van der Waals surface area contributed by atoms with Gasteiger partial charge >= 0.3 is 5.69 Å². The minimum atomic E-state index is -0.243. The highest BCUT2D eigenvalue weighted by Crippen LogP contribution is 2.32. The van der Waals surface area contributed by atoms with Gasteiger partial charge in [0.1, 0.15) is 0 Å². The molecule has 15 heavy (non-hydrogen) atoms. The smallest absolute Gasteiger partial charge is 0.300 e. The number of nitrogens with zero attached hydrogens (tertiary/aromatic N) is 2. The van der Waals surface area contributed by atoms with Gasteiger partial charge in [-0.2, -0.15) is 0 Å². The van der Waals surface area contributed by atoms with Crippen molar-refractivity contribution in [3.63, 3.8) is 0 Å². The van der Waals surface area contributed by atoms with Gasteiger partial charge in [-0.3, -0.25) is 13.9 Å². The number of fused-ring (bicyclic) bond motifs is 1. The summed E-state index contributed by atoms with van der Waals surface area (Å²) in [6, 6.07) is 0. The van der Waals surface area contributed by atoms with E-state index in [0.717, 1.165) is 17.7 Å². The zero-order valence-corrected chi connectivity index (χ0v) is 9.15. The molecule has 0 amide bonds. The Labute approximate surface area is 87.5 Å². The molecule has 80 valence electrons. The lowest BCUT2D eigenvalue weighted by Crippen LogP contribution is -2.45. The second-order valence-corrected chi connectivity index (χ2v) is 3.91. The number of rotatable bonds is 1. The molecule has 0 aliphatic heterocycles. The Kier molecular flexibility index (Phi) is 2.14. The molecule has 0 saturated heterocycles. The summed E-state index contributed by atoms with van der Waals surface area (Å²) < 4.78 is 2.75. The molecular weight excluding hydrogens is 192 g/mol. The molecule has 1 unspecified atom stereocenters. The molecular formula is C11H14N2O2. The first-order valence-electron chi connectivity index (χ1n) is 4.99. The molecule has 4 nitrogen and oxygen atoms in total. The van der Waals surface area contributed by atoms with E-state index in [0.29, 0.717) is 0 Å². The zero-order chi connectivity index (χ0) is 11.2. The highest BCUT2D eigenvalue weighted by Gasteiger charge is 2.31. The molecule has 1 aliphatic carbocycles. The normalized spacial score (nSPS) is 19.0. The van der Waals surface area contributed by atoms with Crippen molar-refractivity contribution in [1.82, 2.24) is 9.13 Å². The molecule has 1 aliphatic rings. The van der Waals surface area contributed by atoms with E-state index in [1.807, 2.05) is 19.1 Å². The summed E-state index contributed by atoms with van der Waals surface area (Å²) in [7, 11) is 3.24. The van der Waals surface area contributed by atoms with Crippen LogP contribution in [0.15, 0.2) is 21.7 Å². The first kappa shape index (κ1) is 9.96. The van der Waals surface area contributed by atoms with Crippen LogP contribution in [-0.4, -0.2) is 9.13 Å². The first-order valence-corrected chi connectivity index (χ1v) is 4.99. The average molecular weight is 206 g/mol. The van der Waals surface area contributed by atoms with Crippen LogP contribution in [-0.2, 0) is 20.5 Å². The zero-order valence-electron chi connectivity index (χ0n) is 9.15. The Morgan fingerprint density at radius 1 is 1.27 bits per heavy atom. The van der Waals surface area contributed by atoms with E-state index < -0.39 is 0 Å². The SMILES string of the molecule is C/C=C\C1Cc2c1n(C)c(=O)n(C)c2=O. The third-order valence-corrected chi connectivity index (χ3v) is 3.01. The molecule has 2 rings (SSSR count). The molecule has 1 aromatic rings. The predicted octanol–water partition coefficient (Wildman–Crippen LogP) is 0.300. The lowest BCUT2D eigenvalue weighted by Gasteiger charge is -2.29. The summed E-state index contributed by atoms with van der Waals surface area (Å²) >= 11 is 0. The van der Waals surface area contributed by atoms with E-state index >= 15 is 0 Å². The molecule has 0 bridgehead atoms. The second-order valence-electron chi connectivity index (χ2n) is 3.91. The van der Waals surface area contributed by atoms with E-state index in [-0.39, 0.29) is 17.2 Å². The first-order chi connectivity index (χ1) is 7.07. The van der Waals surface area contributed by atoms with Crippen molar-refractivity contribution in [3.8, 4) is 0 Å². The molecule has 0 fully saturated rings. The minimum absolute atomic E-state index is 0.145. The van der Waals surface area contributed by atoms with Crippen molar-refractivity contribution in [2.24, 2.45) is 14.1 Å². The lowest BCUT2D eigenvalue weighted by atomic mass is 9.82. The largest absolute Gasteiger partial charge is 0.330 e. The van der Waals surface area contributed by atoms with Gasteiger partial charge in [-0.15, -0.1) is 0 Å². The van der Waals surface area contributed by atoms with Crippen molar-refractivity contribution >= 4 is 0 Å². The number of hydrogen-bond donors (Lipinski definition) is 0. The van der Waals surface area contributed by atoms with Crippen LogP contribution in [0.2, 0.25) is 0 Å². The van der Waals surface area contributed by atoms with Crippen molar-refractivity contribution in [2.45, 2.75) is 19.3 Å². The highest BCUT2D eigenvalue weighted by molar-refractivity contribution is 5.37. The van der Waals surface area contributed by atoms with Crippen LogP contribution in [0.3, 0.4) is 0 Å². The van der Waals surface area contributed by atoms with E-state index in [1.54, 1.807) is 11.6 Å². The Hall–Kier alpha value is -1.58. The van der Waals surface area contributed by atoms with Gasteiger partial charge in [0.15, 0.2) is 0 Å². The van der Waals surface area contributed by atoms with Gasteiger partial charge in [0.25, 0.3) is 5.56 Å². The number of hydrogen-bond acceptors (Lipinski definition) is 2. The fourth-order valence-electron chi connectivity index (χ4n) is 2.17. The molecule has 0 saturated carbocycles. The van der Waals surface area contributed by atoms with Gasteiger partial charge in [0, 0.05) is 31.3 Å². The topological polar surface area (TPSA) is 44.0 Å². The molecule has 0 radical (unpaired) electrons. The quantitative estimate of drug-likeness (QED) is 0.620. The summed E-state index contributed by atoms with van der Waals surface area (Å²) in [5, 5.41) is 0. The van der Waals surface area contributed by atoms with Crippen molar-refractivity contribution in [3.05, 3.63) is 44.2 Å². The third-order valence-electron chi connectivity index (χ3n) is 3.01. The third kappa shape index (κ3) is 1.21. The molecule has 0 aromatic carbocycles. The summed E-state index contributed by atoms with van der Waals surface area (Å²) in [5.41, 5.74) is 1.27. The fourth-order valence-corrected chi connectivity index (χ4v) is 2.17. The van der Waals surface area contributed by atoms with Crippen LogP contribution in [0.5, 0.6) is 0 Å². The van der Waals surface area contributed by atoms with Gasteiger partial charge in [-0.25, -0.2) is 4.79 Å². The summed E-state index contributed by atoms with van der Waals surface area (Å²) in [5.74, 6) is 0.233. The van der Waals surface area contributed by atoms with Crippen LogP contribution in [0, 0.1) is 0 Å². The summed E-state index contributed by atoms with van der Waals surface area (Å²) in [6.45, 7) is 1.94. The van der Waals surface area contributed by atoms with Crippen molar-refractivity contribution < 1.29 is 0 Å². The average Bonchev–Trinajstić information content (AvgIpc) is 2.18. The van der Waals surface area contributed by atoms with Gasteiger partial charge < -0.3 is 0 Å². The molecule has 1 heterocycles. The van der Waals surface area contributed by atoms with Gasteiger partial charge in [-0.1, -0.05) is 12.2 Å². The monoisotopic (exact) mass is 206 g/mol. The highest BCUT2D eigenvalue weighted by atomic mass is 16.2. The Morgan fingerprint density at radius 3 is 2.53 bits per heavy atom. The van der Waals surface area contributed by atoms with E-state index in [2.05, 4.69) is 0 Å². The summed E-state index contributed by atoms with van der Waals surface area (Å²) in [4.78, 5) is 23.3. The van der Waals surface area contributed by atoms with Gasteiger partial charge in [-0.05, 0) is 13.3 Å². The maximum Gasteiger partial charge on any atom is 0.330 e. The second kappa shape index (κ2) is 3.22. The maximum atomic E-state index is 11.7. The fraction of sp³-hybridized carbons (Fsp3) is 0.455. The van der Waals surface area contributed by atoms with E-state index in [4.69, 9.17) is 0 Å². The molecule has 1 aromatic heterocycles. The Balaban J connectivity index is 2.71. The summed E-state index contributed by atoms with van der Waals surface area (Å²) in [6.07, 6.45) is 4.73. The molecule has 0 spiro atoms. The number of aromatic nitrogens is 2. The maximum absolute atomic E-state index is 11.7. The van der Waals surface area contributed by atoms with E-state index in [1.165, 1.54) is 11.6 Å². The molecule has 4 heteroatoms. The van der Waals surface area contributed by atoms with Crippen LogP contribution < -0.4 is 11.2 Å². The van der Waals surface area contributed by atoms with E-state index in [9.17, 15) is 9.59 Å². The van der Waals surface area contributed by atoms with Crippen LogP contribution in [0.1, 0.15) is 24.1 Å². The van der Waals surface area contributed by atoms with Crippen LogP contribution >= 0.6 is 0 Å².